The van der Waals surface area contributed by atoms with Gasteiger partial charge in [0.05, 0.1) is 29.8 Å². The zero-order valence-electron chi connectivity index (χ0n) is 16.2. The van der Waals surface area contributed by atoms with Crippen LogP contribution in [0, 0.1) is 6.92 Å². The van der Waals surface area contributed by atoms with Gasteiger partial charge in [-0.25, -0.2) is 9.78 Å². The Hall–Kier alpha value is -3.21. The van der Waals surface area contributed by atoms with Gasteiger partial charge in [-0.3, -0.25) is 10.1 Å². The van der Waals surface area contributed by atoms with E-state index in [9.17, 15) is 13.2 Å². The molecule has 0 radical (unpaired) electrons. The number of aromatic nitrogens is 4. The molecular weight excluding hydrogens is 401 g/mol. The lowest BCUT2D eigenvalue weighted by Gasteiger charge is -2.21. The van der Waals surface area contributed by atoms with Gasteiger partial charge in [-0.2, -0.15) is 18.3 Å². The third-order valence-electron chi connectivity index (χ3n) is 4.62. The molecule has 0 unspecified atom stereocenters. The highest BCUT2D eigenvalue weighted by atomic mass is 19.4. The van der Waals surface area contributed by atoms with Gasteiger partial charge in [-0.1, -0.05) is 6.07 Å². The number of aromatic amines is 1. The number of H-pyrrole nitrogens is 1. The molecular formula is C19H21F3N6O2. The minimum absolute atomic E-state index is 0.907. The van der Waals surface area contributed by atoms with Crippen LogP contribution in [0.1, 0.15) is 12.0 Å². The Balaban J connectivity index is 0.000000318. The van der Waals surface area contributed by atoms with Gasteiger partial charge in [0.25, 0.3) is 0 Å². The van der Waals surface area contributed by atoms with E-state index in [2.05, 4.69) is 44.5 Å². The molecule has 0 amide bonds. The van der Waals surface area contributed by atoms with Crippen LogP contribution in [0.15, 0.2) is 30.7 Å². The number of halogens is 3. The second kappa shape index (κ2) is 9.08. The number of aliphatic carboxylic acids is 1. The molecule has 3 aromatic rings. The first-order chi connectivity index (χ1) is 14.3. The number of benzene rings is 1. The quantitative estimate of drug-likeness (QED) is 0.583. The molecule has 8 nitrogen and oxygen atoms in total. The molecule has 3 heterocycles. The highest BCUT2D eigenvalue weighted by molar-refractivity contribution is 5.95. The number of fused-ring (bicyclic) bond motifs is 1. The van der Waals surface area contributed by atoms with Gasteiger partial charge in [0, 0.05) is 30.6 Å². The van der Waals surface area contributed by atoms with Crippen LogP contribution >= 0.6 is 0 Å². The van der Waals surface area contributed by atoms with Crippen molar-refractivity contribution < 1.29 is 23.1 Å². The Bertz CT molecular complexity index is 1010. The van der Waals surface area contributed by atoms with Crippen LogP contribution in [-0.4, -0.2) is 63.6 Å². The smallest absolute Gasteiger partial charge is 0.475 e. The van der Waals surface area contributed by atoms with E-state index in [1.165, 1.54) is 5.56 Å². The summed E-state index contributed by atoms with van der Waals surface area (Å²) in [5, 5.41) is 18.8. The Labute approximate surface area is 170 Å². The molecule has 1 aliphatic rings. The fraction of sp³-hybridized carbons (Fsp3) is 0.368. The summed E-state index contributed by atoms with van der Waals surface area (Å²) in [6.45, 7) is 6.14. The van der Waals surface area contributed by atoms with Crippen LogP contribution < -0.4 is 10.2 Å². The van der Waals surface area contributed by atoms with Crippen molar-refractivity contribution in [2.75, 3.05) is 31.1 Å². The van der Waals surface area contributed by atoms with Crippen LogP contribution in [0.5, 0.6) is 0 Å². The minimum Gasteiger partial charge on any atom is -0.475 e. The maximum Gasteiger partial charge on any atom is 0.490 e. The van der Waals surface area contributed by atoms with Crippen molar-refractivity contribution in [1.29, 1.82) is 0 Å². The first kappa shape index (κ1) is 21.5. The average Bonchev–Trinajstić information content (AvgIpc) is 3.00. The molecule has 160 valence electrons. The molecule has 4 rings (SSSR count). The van der Waals surface area contributed by atoms with Gasteiger partial charge >= 0.3 is 12.1 Å². The van der Waals surface area contributed by atoms with Crippen molar-refractivity contribution in [1.82, 2.24) is 25.5 Å². The van der Waals surface area contributed by atoms with Crippen molar-refractivity contribution in [2.45, 2.75) is 19.5 Å². The molecule has 0 bridgehead atoms. The van der Waals surface area contributed by atoms with Gasteiger partial charge in [0.1, 0.15) is 5.82 Å². The monoisotopic (exact) mass is 422 g/mol. The summed E-state index contributed by atoms with van der Waals surface area (Å²) in [7, 11) is 0. The number of carbonyl (C=O) groups is 1. The fourth-order valence-electron chi connectivity index (χ4n) is 3.17. The Kier molecular flexibility index (Phi) is 6.50. The summed E-state index contributed by atoms with van der Waals surface area (Å²) in [5.41, 5.74) is 4.22. The Morgan fingerprint density at radius 1 is 1.17 bits per heavy atom. The Morgan fingerprint density at radius 2 is 1.93 bits per heavy atom. The number of nitrogens with one attached hydrogen (secondary N) is 2. The van der Waals surface area contributed by atoms with E-state index >= 15 is 0 Å². The summed E-state index contributed by atoms with van der Waals surface area (Å²) < 4.78 is 31.7. The number of alkyl halides is 3. The van der Waals surface area contributed by atoms with Gasteiger partial charge in [0.15, 0.2) is 0 Å². The van der Waals surface area contributed by atoms with Crippen LogP contribution in [0.2, 0.25) is 0 Å². The molecule has 1 aromatic carbocycles. The van der Waals surface area contributed by atoms with Gasteiger partial charge in [-0.05, 0) is 31.5 Å². The minimum atomic E-state index is -5.08. The molecule has 0 spiro atoms. The summed E-state index contributed by atoms with van der Waals surface area (Å²) in [4.78, 5) is 20.5. The molecule has 1 aliphatic heterocycles. The van der Waals surface area contributed by atoms with Crippen LogP contribution in [0.4, 0.5) is 19.0 Å². The number of carboxylic acids is 1. The molecule has 30 heavy (non-hydrogen) atoms. The largest absolute Gasteiger partial charge is 0.490 e. The normalized spacial score (nSPS) is 14.7. The molecule has 2 aromatic heterocycles. The third-order valence-corrected chi connectivity index (χ3v) is 4.62. The average molecular weight is 422 g/mol. The van der Waals surface area contributed by atoms with Gasteiger partial charge < -0.3 is 15.3 Å². The van der Waals surface area contributed by atoms with Crippen molar-refractivity contribution in [2.24, 2.45) is 0 Å². The van der Waals surface area contributed by atoms with Crippen molar-refractivity contribution in [3.63, 3.8) is 0 Å². The van der Waals surface area contributed by atoms with E-state index in [0.717, 1.165) is 60.6 Å². The van der Waals surface area contributed by atoms with Crippen LogP contribution in [0.3, 0.4) is 0 Å². The second-order valence-corrected chi connectivity index (χ2v) is 6.74. The molecule has 0 atom stereocenters. The van der Waals surface area contributed by atoms with Crippen molar-refractivity contribution in [3.8, 4) is 11.3 Å². The van der Waals surface area contributed by atoms with Crippen LogP contribution in [0.25, 0.3) is 22.2 Å². The molecule has 1 fully saturated rings. The van der Waals surface area contributed by atoms with Crippen LogP contribution in [-0.2, 0) is 4.79 Å². The fourth-order valence-corrected chi connectivity index (χ4v) is 3.17. The third kappa shape index (κ3) is 5.03. The lowest BCUT2D eigenvalue weighted by Crippen LogP contribution is -2.28. The Morgan fingerprint density at radius 3 is 2.67 bits per heavy atom. The van der Waals surface area contributed by atoms with E-state index < -0.39 is 12.1 Å². The summed E-state index contributed by atoms with van der Waals surface area (Å²) in [6, 6.07) is 4.15. The van der Waals surface area contributed by atoms with E-state index in [4.69, 9.17) is 14.9 Å². The van der Waals surface area contributed by atoms with Crippen molar-refractivity contribution in [3.05, 3.63) is 36.3 Å². The molecule has 0 aliphatic carbocycles. The number of rotatable bonds is 2. The maximum absolute atomic E-state index is 10.6. The van der Waals surface area contributed by atoms with Crippen molar-refractivity contribution >= 4 is 22.7 Å². The topological polar surface area (TPSA) is 107 Å². The summed E-state index contributed by atoms with van der Waals surface area (Å²) >= 11 is 0. The number of carboxylic acid groups (broad SMARTS) is 1. The number of nitrogens with zero attached hydrogens (tertiary/aromatic N) is 4. The van der Waals surface area contributed by atoms with Gasteiger partial charge in [-0.15, -0.1) is 0 Å². The molecule has 1 saturated heterocycles. The van der Waals surface area contributed by atoms with E-state index in [1.54, 1.807) is 0 Å². The molecule has 3 N–H and O–H groups in total. The van der Waals surface area contributed by atoms with E-state index in [1.807, 2.05) is 18.6 Å². The van der Waals surface area contributed by atoms with E-state index in [0.29, 0.717) is 0 Å². The van der Waals surface area contributed by atoms with E-state index in [-0.39, 0.29) is 0 Å². The number of anilines is 1. The zero-order chi connectivity index (χ0) is 21.7. The maximum atomic E-state index is 10.6. The van der Waals surface area contributed by atoms with Gasteiger partial charge in [0.2, 0.25) is 0 Å². The standard InChI is InChI=1S/C17H20N6.C2HF3O2/c1-12-3-4-14-13(9-20-22-14)17(12)15-10-19-11-16(21-15)23-7-2-5-18-6-8-23;3-2(4,5)1(6)7/h3-4,9-11,18H,2,5-8H2,1H3,(H,20,22);(H,6,7). The lowest BCUT2D eigenvalue weighted by molar-refractivity contribution is -0.192. The molecule has 11 heteroatoms. The predicted octanol–water partition coefficient (Wildman–Crippen LogP) is 2.76. The predicted molar refractivity (Wildman–Crippen MR) is 105 cm³/mol. The second-order valence-electron chi connectivity index (χ2n) is 6.74. The first-order valence-electron chi connectivity index (χ1n) is 9.28. The molecule has 0 saturated carbocycles. The lowest BCUT2D eigenvalue weighted by atomic mass is 10.0. The first-order valence-corrected chi connectivity index (χ1v) is 9.28. The highest BCUT2D eigenvalue weighted by Gasteiger charge is 2.38. The summed E-state index contributed by atoms with van der Waals surface area (Å²) in [5.74, 6) is -1.81. The summed E-state index contributed by atoms with van der Waals surface area (Å²) in [6.07, 6.45) is 1.61. The number of hydrogen-bond donors (Lipinski definition) is 3. The highest BCUT2D eigenvalue weighted by Crippen LogP contribution is 2.30. The number of aryl methyl sites for hydroxylation is 1. The number of hydrogen-bond acceptors (Lipinski definition) is 6. The SMILES string of the molecule is Cc1ccc2[nH]ncc2c1-c1cncc(N2CCCNCC2)n1.O=C(O)C(F)(F)F. The zero-order valence-corrected chi connectivity index (χ0v) is 16.2.